The fourth-order valence-electron chi connectivity index (χ4n) is 2.19. The number of rotatable bonds is 9. The lowest BCUT2D eigenvalue weighted by atomic mass is 10.2. The van der Waals surface area contributed by atoms with Crippen molar-refractivity contribution in [1.82, 2.24) is 9.62 Å². The second-order valence-electron chi connectivity index (χ2n) is 5.08. The van der Waals surface area contributed by atoms with Gasteiger partial charge in [-0.05, 0) is 24.6 Å². The van der Waals surface area contributed by atoms with Crippen molar-refractivity contribution >= 4 is 15.9 Å². The molecule has 0 aliphatic heterocycles. The number of carbonyl (C=O) groups is 1. The highest BCUT2D eigenvalue weighted by atomic mass is 32.2. The quantitative estimate of drug-likeness (QED) is 0.709. The Hall–Kier alpha value is -1.40. The summed E-state index contributed by atoms with van der Waals surface area (Å²) in [6.45, 7) is 7.12. The van der Waals surface area contributed by atoms with E-state index in [0.717, 1.165) is 19.3 Å². The van der Waals surface area contributed by atoms with Crippen LogP contribution in [-0.2, 0) is 10.0 Å². The van der Waals surface area contributed by atoms with Crippen LogP contribution in [0.4, 0.5) is 0 Å². The number of sulfonamides is 1. The molecule has 1 rings (SSSR count). The molecule has 0 heterocycles. The summed E-state index contributed by atoms with van der Waals surface area (Å²) >= 11 is 0. The van der Waals surface area contributed by atoms with E-state index < -0.39 is 10.0 Å². The molecule has 0 spiro atoms. The molecule has 0 saturated carbocycles. The lowest BCUT2D eigenvalue weighted by molar-refractivity contribution is 0.0952. The minimum atomic E-state index is -3.53. The molecule has 1 aromatic carbocycles. The number of hydrogen-bond acceptors (Lipinski definition) is 3. The van der Waals surface area contributed by atoms with Crippen LogP contribution >= 0.6 is 0 Å². The summed E-state index contributed by atoms with van der Waals surface area (Å²) in [5.74, 6) is -0.229. The maximum absolute atomic E-state index is 12.5. The smallest absolute Gasteiger partial charge is 0.251 e. The Balaban J connectivity index is 2.88. The highest BCUT2D eigenvalue weighted by Crippen LogP contribution is 2.17. The van der Waals surface area contributed by atoms with Crippen LogP contribution in [0.3, 0.4) is 0 Å². The van der Waals surface area contributed by atoms with Crippen molar-refractivity contribution in [2.45, 2.75) is 44.9 Å². The summed E-state index contributed by atoms with van der Waals surface area (Å²) < 4.78 is 26.3. The van der Waals surface area contributed by atoms with Gasteiger partial charge in [0.15, 0.2) is 0 Å². The summed E-state index contributed by atoms with van der Waals surface area (Å²) in [5.41, 5.74) is 0.379. The Morgan fingerprint density at radius 2 is 1.82 bits per heavy atom. The van der Waals surface area contributed by atoms with Gasteiger partial charge in [-0.25, -0.2) is 8.42 Å². The third kappa shape index (κ3) is 4.81. The lowest BCUT2D eigenvalue weighted by Gasteiger charge is -2.18. The largest absolute Gasteiger partial charge is 0.352 e. The number of hydrogen-bond donors (Lipinski definition) is 1. The van der Waals surface area contributed by atoms with Crippen LogP contribution in [0.5, 0.6) is 0 Å². The van der Waals surface area contributed by atoms with E-state index in [2.05, 4.69) is 12.2 Å². The van der Waals surface area contributed by atoms with E-state index in [9.17, 15) is 13.2 Å². The summed E-state index contributed by atoms with van der Waals surface area (Å²) in [6.07, 6.45) is 3.09. The number of unbranched alkanes of at least 4 members (excludes halogenated alkanes) is 2. The molecule has 0 saturated heterocycles. The second-order valence-corrected chi connectivity index (χ2v) is 7.02. The van der Waals surface area contributed by atoms with E-state index in [1.807, 2.05) is 0 Å². The van der Waals surface area contributed by atoms with Crippen molar-refractivity contribution in [3.63, 3.8) is 0 Å². The first-order chi connectivity index (χ1) is 10.5. The SMILES string of the molecule is CCCCCNC(=O)c1cccc(S(=O)(=O)N(CC)CC)c1. The van der Waals surface area contributed by atoms with Gasteiger partial charge in [0.1, 0.15) is 0 Å². The van der Waals surface area contributed by atoms with Crippen molar-refractivity contribution in [2.75, 3.05) is 19.6 Å². The van der Waals surface area contributed by atoms with Crippen molar-refractivity contribution in [3.8, 4) is 0 Å². The van der Waals surface area contributed by atoms with Crippen molar-refractivity contribution in [2.24, 2.45) is 0 Å². The number of benzene rings is 1. The molecule has 22 heavy (non-hydrogen) atoms. The minimum absolute atomic E-state index is 0.164. The van der Waals surface area contributed by atoms with Crippen LogP contribution in [0.15, 0.2) is 29.2 Å². The third-order valence-electron chi connectivity index (χ3n) is 3.51. The van der Waals surface area contributed by atoms with Gasteiger partial charge >= 0.3 is 0 Å². The zero-order valence-electron chi connectivity index (χ0n) is 13.6. The molecule has 0 aromatic heterocycles. The molecule has 0 unspecified atom stereocenters. The molecule has 0 aliphatic rings. The van der Waals surface area contributed by atoms with Gasteiger partial charge in [-0.15, -0.1) is 0 Å². The fraction of sp³-hybridized carbons (Fsp3) is 0.562. The fourth-order valence-corrected chi connectivity index (χ4v) is 3.69. The Kier molecular flexibility index (Phi) is 7.55. The Bertz CT molecular complexity index is 581. The van der Waals surface area contributed by atoms with Gasteiger partial charge in [-0.2, -0.15) is 4.31 Å². The molecule has 1 amide bonds. The number of carbonyl (C=O) groups excluding carboxylic acids is 1. The predicted octanol–water partition coefficient (Wildman–Crippen LogP) is 2.64. The molecule has 124 valence electrons. The first kappa shape index (κ1) is 18.6. The topological polar surface area (TPSA) is 66.5 Å². The normalized spacial score (nSPS) is 11.6. The van der Waals surface area contributed by atoms with Gasteiger partial charge in [-0.1, -0.05) is 39.7 Å². The summed E-state index contributed by atoms with van der Waals surface area (Å²) in [7, 11) is -3.53. The van der Waals surface area contributed by atoms with E-state index in [1.54, 1.807) is 26.0 Å². The van der Waals surface area contributed by atoms with Gasteiger partial charge in [0, 0.05) is 25.2 Å². The van der Waals surface area contributed by atoms with Crippen LogP contribution in [0.2, 0.25) is 0 Å². The Morgan fingerprint density at radius 3 is 2.41 bits per heavy atom. The maximum atomic E-state index is 12.5. The zero-order chi connectivity index (χ0) is 16.6. The van der Waals surface area contributed by atoms with Crippen LogP contribution in [0.1, 0.15) is 50.4 Å². The molecule has 0 aliphatic carbocycles. The van der Waals surface area contributed by atoms with Crippen LogP contribution in [0, 0.1) is 0 Å². The average Bonchev–Trinajstić information content (AvgIpc) is 2.52. The molecular formula is C16H26N2O3S. The van der Waals surface area contributed by atoms with Gasteiger partial charge in [0.2, 0.25) is 10.0 Å². The zero-order valence-corrected chi connectivity index (χ0v) is 14.4. The molecular weight excluding hydrogens is 300 g/mol. The molecule has 5 nitrogen and oxygen atoms in total. The molecule has 0 bridgehead atoms. The van der Waals surface area contributed by atoms with Gasteiger partial charge in [0.05, 0.1) is 4.90 Å². The lowest BCUT2D eigenvalue weighted by Crippen LogP contribution is -2.31. The van der Waals surface area contributed by atoms with Gasteiger partial charge in [0.25, 0.3) is 5.91 Å². The molecule has 6 heteroatoms. The Morgan fingerprint density at radius 1 is 1.14 bits per heavy atom. The predicted molar refractivity (Wildman–Crippen MR) is 88.4 cm³/mol. The van der Waals surface area contributed by atoms with E-state index in [-0.39, 0.29) is 10.8 Å². The van der Waals surface area contributed by atoms with Gasteiger partial charge < -0.3 is 5.32 Å². The summed E-state index contributed by atoms with van der Waals surface area (Å²) in [4.78, 5) is 12.2. The molecule has 0 atom stereocenters. The highest BCUT2D eigenvalue weighted by Gasteiger charge is 2.22. The minimum Gasteiger partial charge on any atom is -0.352 e. The number of amides is 1. The monoisotopic (exact) mass is 326 g/mol. The summed E-state index contributed by atoms with van der Waals surface area (Å²) in [5, 5.41) is 2.82. The van der Waals surface area contributed by atoms with Crippen molar-refractivity contribution in [3.05, 3.63) is 29.8 Å². The Labute approximate surface area is 133 Å². The van der Waals surface area contributed by atoms with Gasteiger partial charge in [-0.3, -0.25) is 4.79 Å². The van der Waals surface area contributed by atoms with E-state index in [1.165, 1.54) is 16.4 Å². The van der Waals surface area contributed by atoms with E-state index >= 15 is 0 Å². The first-order valence-electron chi connectivity index (χ1n) is 7.85. The van der Waals surface area contributed by atoms with E-state index in [4.69, 9.17) is 0 Å². The standard InChI is InChI=1S/C16H26N2O3S/c1-4-7-8-12-17-16(19)14-10-9-11-15(13-14)22(20,21)18(5-2)6-3/h9-11,13H,4-8,12H2,1-3H3,(H,17,19). The van der Waals surface area contributed by atoms with Crippen LogP contribution in [0.25, 0.3) is 0 Å². The first-order valence-corrected chi connectivity index (χ1v) is 9.29. The highest BCUT2D eigenvalue weighted by molar-refractivity contribution is 7.89. The third-order valence-corrected chi connectivity index (χ3v) is 5.55. The van der Waals surface area contributed by atoms with E-state index in [0.29, 0.717) is 25.2 Å². The average molecular weight is 326 g/mol. The maximum Gasteiger partial charge on any atom is 0.251 e. The van der Waals surface area contributed by atoms with Crippen molar-refractivity contribution < 1.29 is 13.2 Å². The molecule has 1 aromatic rings. The van der Waals surface area contributed by atoms with Crippen molar-refractivity contribution in [1.29, 1.82) is 0 Å². The summed E-state index contributed by atoms with van der Waals surface area (Å²) in [6, 6.07) is 6.22. The molecule has 0 radical (unpaired) electrons. The second kappa shape index (κ2) is 8.90. The molecule has 0 fully saturated rings. The number of nitrogens with zero attached hydrogens (tertiary/aromatic N) is 1. The molecule has 1 N–H and O–H groups in total. The van der Waals surface area contributed by atoms with Crippen LogP contribution in [-0.4, -0.2) is 38.3 Å². The van der Waals surface area contributed by atoms with Crippen LogP contribution < -0.4 is 5.32 Å². The number of nitrogens with one attached hydrogen (secondary N) is 1.